The molecule has 2 fully saturated rings. The van der Waals surface area contributed by atoms with Gasteiger partial charge in [-0.2, -0.15) is 0 Å². The third-order valence-corrected chi connectivity index (χ3v) is 5.74. The van der Waals surface area contributed by atoms with Crippen molar-refractivity contribution in [3.63, 3.8) is 0 Å². The first-order valence-electron chi connectivity index (χ1n) is 10.0. The summed E-state index contributed by atoms with van der Waals surface area (Å²) in [4.78, 5) is 21.8. The maximum Gasteiger partial charge on any atom is 0.251 e. The van der Waals surface area contributed by atoms with E-state index in [9.17, 15) is 4.79 Å². The van der Waals surface area contributed by atoms with Gasteiger partial charge in [0.1, 0.15) is 0 Å². The zero-order valence-electron chi connectivity index (χ0n) is 16.6. The highest BCUT2D eigenvalue weighted by Crippen LogP contribution is 2.31. The van der Waals surface area contributed by atoms with Crippen LogP contribution in [0.5, 0.6) is 0 Å². The normalized spacial score (nSPS) is 24.4. The lowest BCUT2D eigenvalue weighted by Crippen LogP contribution is -2.55. The highest BCUT2D eigenvalue weighted by atomic mass is 16.5. The summed E-state index contributed by atoms with van der Waals surface area (Å²) in [6, 6.07) is 8.09. The first-order chi connectivity index (χ1) is 13.5. The Morgan fingerprint density at radius 2 is 2.04 bits per heavy atom. The smallest absolute Gasteiger partial charge is 0.251 e. The van der Waals surface area contributed by atoms with Crippen LogP contribution < -0.4 is 16.0 Å². The second-order valence-electron chi connectivity index (χ2n) is 8.00. The molecule has 0 aliphatic carbocycles. The average Bonchev–Trinajstić information content (AvgIpc) is 2.70. The van der Waals surface area contributed by atoms with Crippen molar-refractivity contribution in [2.75, 3.05) is 43.9 Å². The molecule has 1 amide bonds. The molecule has 0 spiro atoms. The molecular weight excluding hydrogens is 354 g/mol. The average molecular weight is 383 g/mol. The molecule has 28 heavy (non-hydrogen) atoms. The first-order valence-corrected chi connectivity index (χ1v) is 10.0. The third kappa shape index (κ3) is 3.91. The number of hydrogen-bond acceptors (Lipinski definition) is 6. The summed E-state index contributed by atoms with van der Waals surface area (Å²) >= 11 is 0. The van der Waals surface area contributed by atoms with Crippen LogP contribution in [0.1, 0.15) is 19.8 Å². The standard InChI is InChI=1S/C21H29N5O2/c1-14-12-26(18-6-5-17(22)20-16(18)4-3-9-23-20)13-19(28-14)21(27)24-15-7-10-25(2)11-8-15/h3-6,9,14-15,19H,7-8,10-13,22H2,1-2H3,(H,24,27). The molecule has 2 atom stereocenters. The predicted octanol–water partition coefficient (Wildman–Crippen LogP) is 1.62. The molecule has 2 aromatic rings. The minimum absolute atomic E-state index is 0.0102. The summed E-state index contributed by atoms with van der Waals surface area (Å²) in [6.07, 6.45) is 3.21. The van der Waals surface area contributed by atoms with E-state index < -0.39 is 6.10 Å². The van der Waals surface area contributed by atoms with Crippen LogP contribution in [0.2, 0.25) is 0 Å². The quantitative estimate of drug-likeness (QED) is 0.784. The second kappa shape index (κ2) is 7.93. The van der Waals surface area contributed by atoms with Crippen LogP contribution in [-0.4, -0.2) is 67.3 Å². The summed E-state index contributed by atoms with van der Waals surface area (Å²) in [5, 5.41) is 4.20. The number of nitrogens with one attached hydrogen (secondary N) is 1. The number of carbonyl (C=O) groups is 1. The number of carbonyl (C=O) groups excluding carboxylic acids is 1. The van der Waals surface area contributed by atoms with Gasteiger partial charge in [0.05, 0.1) is 23.9 Å². The summed E-state index contributed by atoms with van der Waals surface area (Å²) < 4.78 is 5.99. The van der Waals surface area contributed by atoms with Gasteiger partial charge in [-0.3, -0.25) is 9.78 Å². The Kier molecular flexibility index (Phi) is 5.37. The number of rotatable bonds is 3. The molecule has 2 saturated heterocycles. The molecule has 150 valence electrons. The number of likely N-dealkylation sites (tertiary alicyclic amines) is 1. The number of nitrogens with zero attached hydrogens (tertiary/aromatic N) is 3. The molecule has 2 unspecified atom stereocenters. The predicted molar refractivity (Wildman–Crippen MR) is 111 cm³/mol. The molecule has 3 N–H and O–H groups in total. The number of amides is 1. The van der Waals surface area contributed by atoms with E-state index in [-0.39, 0.29) is 18.1 Å². The number of benzene rings is 1. The molecule has 1 aromatic heterocycles. The highest BCUT2D eigenvalue weighted by Gasteiger charge is 2.32. The number of pyridine rings is 1. The van der Waals surface area contributed by atoms with Crippen LogP contribution in [0.25, 0.3) is 10.9 Å². The van der Waals surface area contributed by atoms with Crippen molar-refractivity contribution in [1.82, 2.24) is 15.2 Å². The van der Waals surface area contributed by atoms with Gasteiger partial charge in [0.2, 0.25) is 0 Å². The van der Waals surface area contributed by atoms with Gasteiger partial charge in [-0.05, 0) is 64.2 Å². The van der Waals surface area contributed by atoms with Crippen LogP contribution in [0.15, 0.2) is 30.5 Å². The lowest BCUT2D eigenvalue weighted by atomic mass is 10.0. The Balaban J connectivity index is 1.51. The van der Waals surface area contributed by atoms with E-state index >= 15 is 0 Å². The molecule has 0 radical (unpaired) electrons. The number of ether oxygens (including phenoxy) is 1. The van der Waals surface area contributed by atoms with E-state index in [1.807, 2.05) is 31.2 Å². The summed E-state index contributed by atoms with van der Waals surface area (Å²) in [5.41, 5.74) is 8.61. The highest BCUT2D eigenvalue weighted by molar-refractivity contribution is 5.99. The third-order valence-electron chi connectivity index (χ3n) is 5.74. The van der Waals surface area contributed by atoms with E-state index in [4.69, 9.17) is 10.5 Å². The minimum atomic E-state index is -0.479. The molecule has 7 nitrogen and oxygen atoms in total. The van der Waals surface area contributed by atoms with Crippen LogP contribution in [0, 0.1) is 0 Å². The van der Waals surface area contributed by atoms with Gasteiger partial charge in [0, 0.05) is 29.9 Å². The second-order valence-corrected chi connectivity index (χ2v) is 8.00. The van der Waals surface area contributed by atoms with Crippen LogP contribution in [0.3, 0.4) is 0 Å². The van der Waals surface area contributed by atoms with Gasteiger partial charge in [-0.1, -0.05) is 0 Å². The van der Waals surface area contributed by atoms with Gasteiger partial charge in [-0.15, -0.1) is 0 Å². The van der Waals surface area contributed by atoms with Crippen molar-refractivity contribution in [2.45, 2.75) is 38.0 Å². The van der Waals surface area contributed by atoms with E-state index in [0.717, 1.165) is 49.1 Å². The van der Waals surface area contributed by atoms with E-state index in [1.54, 1.807) is 6.20 Å². The molecule has 0 saturated carbocycles. The van der Waals surface area contributed by atoms with E-state index in [2.05, 4.69) is 27.1 Å². The lowest BCUT2D eigenvalue weighted by molar-refractivity contribution is -0.138. The molecule has 3 heterocycles. The number of morpholine rings is 1. The van der Waals surface area contributed by atoms with Gasteiger partial charge in [0.25, 0.3) is 5.91 Å². The van der Waals surface area contributed by atoms with Crippen LogP contribution in [0.4, 0.5) is 11.4 Å². The fraction of sp³-hybridized carbons (Fsp3) is 0.524. The Morgan fingerprint density at radius 3 is 2.82 bits per heavy atom. The van der Waals surface area contributed by atoms with Crippen LogP contribution >= 0.6 is 0 Å². The largest absolute Gasteiger partial charge is 0.397 e. The number of piperidine rings is 1. The maximum atomic E-state index is 12.9. The molecular formula is C21H29N5O2. The summed E-state index contributed by atoms with van der Waals surface area (Å²) in [6.45, 7) is 5.30. The monoisotopic (exact) mass is 383 g/mol. The maximum absolute atomic E-state index is 12.9. The molecule has 2 aliphatic rings. The summed E-state index contributed by atoms with van der Waals surface area (Å²) in [7, 11) is 2.12. The topological polar surface area (TPSA) is 83.7 Å². The van der Waals surface area contributed by atoms with Crippen molar-refractivity contribution in [3.05, 3.63) is 30.5 Å². The molecule has 0 bridgehead atoms. The number of aromatic nitrogens is 1. The van der Waals surface area contributed by atoms with E-state index in [0.29, 0.717) is 12.2 Å². The number of nitrogens with two attached hydrogens (primary N) is 1. The zero-order valence-corrected chi connectivity index (χ0v) is 16.6. The number of fused-ring (bicyclic) bond motifs is 1. The van der Waals surface area contributed by atoms with E-state index in [1.165, 1.54) is 0 Å². The Bertz CT molecular complexity index is 850. The molecule has 1 aromatic carbocycles. The fourth-order valence-electron chi connectivity index (χ4n) is 4.20. The zero-order chi connectivity index (χ0) is 19.7. The molecule has 4 rings (SSSR count). The number of nitrogen functional groups attached to an aromatic ring is 1. The Hall–Kier alpha value is -2.38. The van der Waals surface area contributed by atoms with Gasteiger partial charge < -0.3 is 25.6 Å². The summed E-state index contributed by atoms with van der Waals surface area (Å²) in [5.74, 6) is -0.0102. The number of hydrogen-bond donors (Lipinski definition) is 2. The van der Waals surface area contributed by atoms with Crippen molar-refractivity contribution in [3.8, 4) is 0 Å². The van der Waals surface area contributed by atoms with Crippen molar-refractivity contribution >= 4 is 28.2 Å². The van der Waals surface area contributed by atoms with Gasteiger partial charge >= 0.3 is 0 Å². The minimum Gasteiger partial charge on any atom is -0.397 e. The van der Waals surface area contributed by atoms with Crippen molar-refractivity contribution in [1.29, 1.82) is 0 Å². The SMILES string of the molecule is CC1CN(c2ccc(N)c3ncccc23)CC(C(=O)NC2CCN(C)CC2)O1. The van der Waals surface area contributed by atoms with Crippen LogP contribution in [-0.2, 0) is 9.53 Å². The molecule has 7 heteroatoms. The number of anilines is 2. The van der Waals surface area contributed by atoms with Gasteiger partial charge in [0.15, 0.2) is 6.10 Å². The van der Waals surface area contributed by atoms with Crippen molar-refractivity contribution < 1.29 is 9.53 Å². The Morgan fingerprint density at radius 1 is 1.25 bits per heavy atom. The van der Waals surface area contributed by atoms with Gasteiger partial charge in [-0.25, -0.2) is 0 Å². The lowest BCUT2D eigenvalue weighted by Gasteiger charge is -2.39. The molecule has 2 aliphatic heterocycles. The first kappa shape index (κ1) is 19.0. The fourth-order valence-corrected chi connectivity index (χ4v) is 4.20. The Labute approximate surface area is 165 Å². The van der Waals surface area contributed by atoms with Crippen molar-refractivity contribution in [2.24, 2.45) is 0 Å².